The van der Waals surface area contributed by atoms with Gasteiger partial charge in [-0.3, -0.25) is 9.59 Å². The predicted molar refractivity (Wildman–Crippen MR) is 116 cm³/mol. The van der Waals surface area contributed by atoms with Gasteiger partial charge in [0.05, 0.1) is 5.69 Å². The van der Waals surface area contributed by atoms with E-state index >= 15 is 0 Å². The first kappa shape index (κ1) is 20.5. The summed E-state index contributed by atoms with van der Waals surface area (Å²) in [7, 11) is 0. The number of nitrogens with one attached hydrogen (secondary N) is 1. The van der Waals surface area contributed by atoms with Crippen molar-refractivity contribution >= 4 is 17.5 Å². The van der Waals surface area contributed by atoms with Gasteiger partial charge in [0, 0.05) is 22.5 Å². The molecule has 5 nitrogen and oxygen atoms in total. The Hall–Kier alpha value is -3.21. The van der Waals surface area contributed by atoms with Crippen LogP contribution in [0.15, 0.2) is 48.5 Å². The highest BCUT2D eigenvalue weighted by atomic mass is 16.2. The molecule has 150 valence electrons. The highest BCUT2D eigenvalue weighted by molar-refractivity contribution is 6.05. The summed E-state index contributed by atoms with van der Waals surface area (Å²) < 4.78 is 1.48. The van der Waals surface area contributed by atoms with E-state index in [1.165, 1.54) is 4.68 Å². The number of carbonyl (C=O) groups is 2. The minimum absolute atomic E-state index is 0.168. The summed E-state index contributed by atoms with van der Waals surface area (Å²) in [6.45, 7) is 10.1. The minimum atomic E-state index is -0.169. The van der Waals surface area contributed by atoms with Crippen molar-refractivity contribution in [3.05, 3.63) is 82.2 Å². The molecule has 0 aliphatic heterocycles. The van der Waals surface area contributed by atoms with Crippen molar-refractivity contribution in [1.82, 2.24) is 9.78 Å². The fourth-order valence-electron chi connectivity index (χ4n) is 3.42. The van der Waals surface area contributed by atoms with Crippen LogP contribution in [0.5, 0.6) is 0 Å². The van der Waals surface area contributed by atoms with Crippen molar-refractivity contribution < 1.29 is 9.59 Å². The zero-order valence-corrected chi connectivity index (χ0v) is 17.6. The zero-order valence-electron chi connectivity index (χ0n) is 17.6. The first-order valence-electron chi connectivity index (χ1n) is 9.84. The van der Waals surface area contributed by atoms with Gasteiger partial charge in [0.1, 0.15) is 0 Å². The van der Waals surface area contributed by atoms with Gasteiger partial charge >= 0.3 is 0 Å². The molecule has 0 unspecified atom stereocenters. The number of carbonyl (C=O) groups excluding carboxylic acids is 2. The number of rotatable bonds is 5. The number of aryl methyl sites for hydroxylation is 2. The van der Waals surface area contributed by atoms with E-state index in [2.05, 4.69) is 24.3 Å². The summed E-state index contributed by atoms with van der Waals surface area (Å²) in [5.74, 6) is 0.160. The molecule has 0 radical (unpaired) electrons. The Morgan fingerprint density at radius 2 is 1.66 bits per heavy atom. The van der Waals surface area contributed by atoms with Crippen molar-refractivity contribution in [2.45, 2.75) is 41.0 Å². The monoisotopic (exact) mass is 389 g/mol. The summed E-state index contributed by atoms with van der Waals surface area (Å²) in [5.41, 5.74) is 5.64. The van der Waals surface area contributed by atoms with Crippen LogP contribution in [0.3, 0.4) is 0 Å². The molecule has 1 aromatic heterocycles. The molecule has 0 bridgehead atoms. The van der Waals surface area contributed by atoms with Crippen LogP contribution in [-0.4, -0.2) is 21.6 Å². The smallest absolute Gasteiger partial charge is 0.278 e. The second-order valence-corrected chi connectivity index (χ2v) is 7.81. The maximum Gasteiger partial charge on any atom is 0.278 e. The third-order valence-electron chi connectivity index (χ3n) is 5.03. The molecule has 0 spiro atoms. The molecule has 1 amide bonds. The number of hydrogen-bond donors (Lipinski definition) is 1. The normalized spacial score (nSPS) is 11.0. The number of benzene rings is 2. The third-order valence-corrected chi connectivity index (χ3v) is 5.03. The van der Waals surface area contributed by atoms with Crippen LogP contribution >= 0.6 is 0 Å². The van der Waals surface area contributed by atoms with Gasteiger partial charge < -0.3 is 5.32 Å². The Morgan fingerprint density at radius 1 is 1.00 bits per heavy atom. The Balaban J connectivity index is 1.78. The van der Waals surface area contributed by atoms with Crippen LogP contribution in [0.4, 0.5) is 5.69 Å². The Bertz CT molecular complexity index is 1050. The second-order valence-electron chi connectivity index (χ2n) is 7.81. The predicted octanol–water partition coefficient (Wildman–Crippen LogP) is 4.95. The van der Waals surface area contributed by atoms with Gasteiger partial charge in [-0.25, -0.2) is 4.68 Å². The summed E-state index contributed by atoms with van der Waals surface area (Å²) in [5, 5.41) is 7.34. The molecule has 0 aliphatic carbocycles. The molecule has 0 atom stereocenters. The zero-order chi connectivity index (χ0) is 21.1. The van der Waals surface area contributed by atoms with Gasteiger partial charge in [0.15, 0.2) is 0 Å². The number of amides is 1. The molecular weight excluding hydrogens is 362 g/mol. The maximum atomic E-state index is 12.9. The summed E-state index contributed by atoms with van der Waals surface area (Å²) in [4.78, 5) is 25.4. The molecule has 29 heavy (non-hydrogen) atoms. The Kier molecular flexibility index (Phi) is 5.97. The van der Waals surface area contributed by atoms with E-state index in [0.29, 0.717) is 22.7 Å². The van der Waals surface area contributed by atoms with E-state index in [1.54, 1.807) is 30.3 Å². The lowest BCUT2D eigenvalue weighted by molar-refractivity contribution is 0.0941. The van der Waals surface area contributed by atoms with Crippen molar-refractivity contribution in [2.75, 3.05) is 5.32 Å². The highest BCUT2D eigenvalue weighted by Crippen LogP contribution is 2.20. The van der Waals surface area contributed by atoms with Crippen molar-refractivity contribution in [3.63, 3.8) is 0 Å². The minimum Gasteiger partial charge on any atom is -0.322 e. The van der Waals surface area contributed by atoms with Gasteiger partial charge in [-0.1, -0.05) is 32.0 Å². The van der Waals surface area contributed by atoms with Crippen LogP contribution in [0.1, 0.15) is 57.1 Å². The molecule has 1 heterocycles. The average Bonchev–Trinajstić information content (AvgIpc) is 2.96. The molecule has 5 heteroatoms. The topological polar surface area (TPSA) is 64.0 Å². The number of aromatic nitrogens is 2. The van der Waals surface area contributed by atoms with E-state index < -0.39 is 0 Å². The highest BCUT2D eigenvalue weighted by Gasteiger charge is 2.18. The van der Waals surface area contributed by atoms with Crippen LogP contribution in [0.25, 0.3) is 0 Å². The average molecular weight is 389 g/mol. The van der Waals surface area contributed by atoms with Crippen molar-refractivity contribution in [3.8, 4) is 0 Å². The van der Waals surface area contributed by atoms with Crippen LogP contribution in [0, 0.1) is 26.7 Å². The van der Waals surface area contributed by atoms with Crippen molar-refractivity contribution in [2.24, 2.45) is 5.92 Å². The lowest BCUT2D eigenvalue weighted by atomic mass is 10.0. The first-order chi connectivity index (χ1) is 13.8. The van der Waals surface area contributed by atoms with Gasteiger partial charge in [-0.15, -0.1) is 0 Å². The molecule has 0 saturated carbocycles. The number of nitrogens with zero attached hydrogens (tertiary/aromatic N) is 2. The summed E-state index contributed by atoms with van der Waals surface area (Å²) >= 11 is 0. The lowest BCUT2D eigenvalue weighted by Crippen LogP contribution is -2.16. The SMILES string of the molecule is Cc1ccccc1C(=O)Nc1ccc(C(=O)n2nc(C)c(CC(C)C)c2C)cc1. The van der Waals surface area contributed by atoms with E-state index in [0.717, 1.165) is 28.9 Å². The van der Waals surface area contributed by atoms with Crippen LogP contribution in [-0.2, 0) is 6.42 Å². The quantitative estimate of drug-likeness (QED) is 0.672. The summed E-state index contributed by atoms with van der Waals surface area (Å²) in [6.07, 6.45) is 0.898. The second kappa shape index (κ2) is 8.43. The molecule has 3 aromatic rings. The third kappa shape index (κ3) is 4.45. The first-order valence-corrected chi connectivity index (χ1v) is 9.84. The largest absolute Gasteiger partial charge is 0.322 e. The lowest BCUT2D eigenvalue weighted by Gasteiger charge is -2.09. The standard InChI is InChI=1S/C24H27N3O2/c1-15(2)14-22-17(4)26-27(18(22)5)24(29)19-10-12-20(13-11-19)25-23(28)21-9-7-6-8-16(21)3/h6-13,15H,14H2,1-5H3,(H,25,28). The van der Waals surface area contributed by atoms with Gasteiger partial charge in [-0.05, 0) is 74.6 Å². The van der Waals surface area contributed by atoms with E-state index in [9.17, 15) is 9.59 Å². The molecule has 0 aliphatic rings. The van der Waals surface area contributed by atoms with E-state index in [-0.39, 0.29) is 11.8 Å². The molecule has 2 aromatic carbocycles. The van der Waals surface area contributed by atoms with Gasteiger partial charge in [0.2, 0.25) is 0 Å². The summed E-state index contributed by atoms with van der Waals surface area (Å²) in [6, 6.07) is 14.3. The molecule has 0 saturated heterocycles. The molecule has 0 fully saturated rings. The number of hydrogen-bond acceptors (Lipinski definition) is 3. The van der Waals surface area contributed by atoms with E-state index in [4.69, 9.17) is 0 Å². The van der Waals surface area contributed by atoms with Crippen LogP contribution in [0.2, 0.25) is 0 Å². The fourth-order valence-corrected chi connectivity index (χ4v) is 3.42. The number of anilines is 1. The van der Waals surface area contributed by atoms with Crippen LogP contribution < -0.4 is 5.32 Å². The van der Waals surface area contributed by atoms with Gasteiger partial charge in [-0.2, -0.15) is 5.10 Å². The molecule has 1 N–H and O–H groups in total. The molecule has 3 rings (SSSR count). The molecular formula is C24H27N3O2. The van der Waals surface area contributed by atoms with E-state index in [1.807, 2.05) is 39.0 Å². The van der Waals surface area contributed by atoms with Gasteiger partial charge in [0.25, 0.3) is 11.8 Å². The Morgan fingerprint density at radius 3 is 2.28 bits per heavy atom. The fraction of sp³-hybridized carbons (Fsp3) is 0.292. The Labute approximate surface area is 171 Å². The maximum absolute atomic E-state index is 12.9. The van der Waals surface area contributed by atoms with Crippen molar-refractivity contribution in [1.29, 1.82) is 0 Å².